The molecule has 0 radical (unpaired) electrons. The van der Waals surface area contributed by atoms with Crippen LogP contribution in [0.5, 0.6) is 0 Å². The second-order valence-electron chi connectivity index (χ2n) is 6.13. The zero-order valence-corrected chi connectivity index (χ0v) is 14.0. The molecule has 1 saturated heterocycles. The number of likely N-dealkylation sites (tertiary alicyclic amines) is 1. The summed E-state index contributed by atoms with van der Waals surface area (Å²) in [4.78, 5) is 14.5. The third-order valence-corrected chi connectivity index (χ3v) is 4.82. The first kappa shape index (κ1) is 17.3. The molecule has 0 spiro atoms. The van der Waals surface area contributed by atoms with Gasteiger partial charge in [0.15, 0.2) is 0 Å². The number of hydrogen-bond acceptors (Lipinski definition) is 3. The number of nitrogens with zero attached hydrogens (tertiary/aromatic N) is 1. The van der Waals surface area contributed by atoms with Crippen LogP contribution in [0.2, 0.25) is 5.02 Å². The highest BCUT2D eigenvalue weighted by Crippen LogP contribution is 2.22. The average molecular weight is 325 g/mol. The molecule has 0 saturated carbocycles. The largest absolute Gasteiger partial charge is 0.393 e. The second-order valence-corrected chi connectivity index (χ2v) is 6.57. The van der Waals surface area contributed by atoms with E-state index < -0.39 is 0 Å². The van der Waals surface area contributed by atoms with Crippen LogP contribution in [0.3, 0.4) is 0 Å². The van der Waals surface area contributed by atoms with E-state index in [0.717, 1.165) is 31.5 Å². The van der Waals surface area contributed by atoms with Gasteiger partial charge in [0.1, 0.15) is 0 Å². The van der Waals surface area contributed by atoms with Crippen molar-refractivity contribution in [2.45, 2.75) is 45.4 Å². The SMILES string of the molecule is CC(O)C1CCN(C(C)C(=O)NCc2ccc(Cl)cc2)CC1. The molecule has 0 aromatic heterocycles. The zero-order chi connectivity index (χ0) is 16.1. The number of halogens is 1. The Balaban J connectivity index is 1.78. The van der Waals surface area contributed by atoms with Gasteiger partial charge in [-0.25, -0.2) is 0 Å². The van der Waals surface area contributed by atoms with Crippen LogP contribution in [0.4, 0.5) is 0 Å². The van der Waals surface area contributed by atoms with Gasteiger partial charge >= 0.3 is 0 Å². The van der Waals surface area contributed by atoms with Crippen LogP contribution in [0.1, 0.15) is 32.3 Å². The van der Waals surface area contributed by atoms with Crippen LogP contribution >= 0.6 is 11.6 Å². The number of hydrogen-bond donors (Lipinski definition) is 2. The molecule has 0 aliphatic carbocycles. The highest BCUT2D eigenvalue weighted by molar-refractivity contribution is 6.30. The Morgan fingerprint density at radius 3 is 2.45 bits per heavy atom. The fourth-order valence-electron chi connectivity index (χ4n) is 2.89. The van der Waals surface area contributed by atoms with Gasteiger partial charge < -0.3 is 10.4 Å². The highest BCUT2D eigenvalue weighted by atomic mass is 35.5. The topological polar surface area (TPSA) is 52.6 Å². The summed E-state index contributed by atoms with van der Waals surface area (Å²) in [5.41, 5.74) is 1.04. The number of nitrogens with one attached hydrogen (secondary N) is 1. The molecule has 1 amide bonds. The van der Waals surface area contributed by atoms with Crippen molar-refractivity contribution in [3.8, 4) is 0 Å². The maximum atomic E-state index is 12.3. The zero-order valence-electron chi connectivity index (χ0n) is 13.3. The van der Waals surface area contributed by atoms with Crippen LogP contribution in [0, 0.1) is 5.92 Å². The molecule has 1 aliphatic heterocycles. The van der Waals surface area contributed by atoms with Gasteiger partial charge in [-0.15, -0.1) is 0 Å². The predicted molar refractivity (Wildman–Crippen MR) is 88.7 cm³/mol. The fraction of sp³-hybridized carbons (Fsp3) is 0.588. The Morgan fingerprint density at radius 1 is 1.32 bits per heavy atom. The van der Waals surface area contributed by atoms with Gasteiger partial charge in [-0.3, -0.25) is 9.69 Å². The molecule has 122 valence electrons. The standard InChI is InChI=1S/C17H25ClN2O2/c1-12(20-9-7-15(8-10-20)13(2)21)17(22)19-11-14-3-5-16(18)6-4-14/h3-6,12-13,15,21H,7-11H2,1-2H3,(H,19,22). The summed E-state index contributed by atoms with van der Waals surface area (Å²) >= 11 is 5.85. The van der Waals surface area contributed by atoms with Crippen molar-refractivity contribution in [1.82, 2.24) is 10.2 Å². The third-order valence-electron chi connectivity index (χ3n) is 4.56. The van der Waals surface area contributed by atoms with E-state index in [-0.39, 0.29) is 18.1 Å². The first-order valence-corrected chi connectivity index (χ1v) is 8.29. The molecule has 2 atom stereocenters. The fourth-order valence-corrected chi connectivity index (χ4v) is 3.02. The van der Waals surface area contributed by atoms with Crippen molar-refractivity contribution in [2.75, 3.05) is 13.1 Å². The number of carbonyl (C=O) groups is 1. The molecule has 22 heavy (non-hydrogen) atoms. The Labute approximate surface area is 137 Å². The third kappa shape index (κ3) is 4.70. The summed E-state index contributed by atoms with van der Waals surface area (Å²) in [6, 6.07) is 7.35. The van der Waals surface area contributed by atoms with Crippen molar-refractivity contribution in [1.29, 1.82) is 0 Å². The maximum Gasteiger partial charge on any atom is 0.237 e. The van der Waals surface area contributed by atoms with E-state index in [2.05, 4.69) is 10.2 Å². The summed E-state index contributed by atoms with van der Waals surface area (Å²) in [7, 11) is 0. The van der Waals surface area contributed by atoms with Crippen molar-refractivity contribution >= 4 is 17.5 Å². The van der Waals surface area contributed by atoms with Crippen LogP contribution in [-0.4, -0.2) is 41.1 Å². The molecule has 1 heterocycles. The van der Waals surface area contributed by atoms with E-state index in [0.29, 0.717) is 17.5 Å². The number of piperidine rings is 1. The molecular weight excluding hydrogens is 300 g/mol. The first-order chi connectivity index (χ1) is 10.5. The molecule has 1 aromatic rings. The number of benzene rings is 1. The Hall–Kier alpha value is -1.10. The Bertz CT molecular complexity index is 482. The summed E-state index contributed by atoms with van der Waals surface area (Å²) in [6.07, 6.45) is 1.65. The van der Waals surface area contributed by atoms with Gasteiger partial charge in [0.25, 0.3) is 0 Å². The van der Waals surface area contributed by atoms with E-state index in [1.807, 2.05) is 38.1 Å². The second kappa shape index (κ2) is 7.95. The number of amides is 1. The molecule has 1 fully saturated rings. The predicted octanol–water partition coefficient (Wildman–Crippen LogP) is 2.44. The number of carbonyl (C=O) groups excluding carboxylic acids is 1. The van der Waals surface area contributed by atoms with Gasteiger partial charge in [0.05, 0.1) is 12.1 Å². The van der Waals surface area contributed by atoms with Gasteiger partial charge in [0.2, 0.25) is 5.91 Å². The summed E-state index contributed by atoms with van der Waals surface area (Å²) in [5, 5.41) is 13.3. The van der Waals surface area contributed by atoms with Gasteiger partial charge in [-0.2, -0.15) is 0 Å². The quantitative estimate of drug-likeness (QED) is 0.874. The normalized spacial score (nSPS) is 19.6. The number of rotatable bonds is 5. The Morgan fingerprint density at radius 2 is 1.91 bits per heavy atom. The molecule has 1 aromatic carbocycles. The van der Waals surface area contributed by atoms with Crippen molar-refractivity contribution in [3.63, 3.8) is 0 Å². The van der Waals surface area contributed by atoms with E-state index in [1.54, 1.807) is 0 Å². The van der Waals surface area contributed by atoms with Crippen molar-refractivity contribution < 1.29 is 9.90 Å². The number of aliphatic hydroxyl groups excluding tert-OH is 1. The maximum absolute atomic E-state index is 12.3. The lowest BCUT2D eigenvalue weighted by Gasteiger charge is -2.36. The van der Waals surface area contributed by atoms with Crippen molar-refractivity contribution in [3.05, 3.63) is 34.9 Å². The summed E-state index contributed by atoms with van der Waals surface area (Å²) < 4.78 is 0. The van der Waals surface area contributed by atoms with Gasteiger partial charge in [-0.05, 0) is 63.4 Å². The minimum Gasteiger partial charge on any atom is -0.393 e. The van der Waals surface area contributed by atoms with Crippen LogP contribution < -0.4 is 5.32 Å². The molecular formula is C17H25ClN2O2. The Kier molecular flexibility index (Phi) is 6.24. The summed E-state index contributed by atoms with van der Waals surface area (Å²) in [5.74, 6) is 0.408. The smallest absolute Gasteiger partial charge is 0.237 e. The lowest BCUT2D eigenvalue weighted by Crippen LogP contribution is -2.48. The monoisotopic (exact) mass is 324 g/mol. The number of aliphatic hydroxyl groups is 1. The van der Waals surface area contributed by atoms with E-state index >= 15 is 0 Å². The van der Waals surface area contributed by atoms with Crippen LogP contribution in [0.25, 0.3) is 0 Å². The lowest BCUT2D eigenvalue weighted by molar-refractivity contribution is -0.126. The summed E-state index contributed by atoms with van der Waals surface area (Å²) in [6.45, 7) is 6.04. The minimum absolute atomic E-state index is 0.0467. The van der Waals surface area contributed by atoms with Crippen LogP contribution in [-0.2, 0) is 11.3 Å². The molecule has 0 bridgehead atoms. The first-order valence-electron chi connectivity index (χ1n) is 7.91. The van der Waals surface area contributed by atoms with E-state index in [9.17, 15) is 9.90 Å². The van der Waals surface area contributed by atoms with Crippen LogP contribution in [0.15, 0.2) is 24.3 Å². The van der Waals surface area contributed by atoms with E-state index in [4.69, 9.17) is 11.6 Å². The van der Waals surface area contributed by atoms with Crippen molar-refractivity contribution in [2.24, 2.45) is 5.92 Å². The minimum atomic E-state index is -0.254. The molecule has 5 heteroatoms. The molecule has 4 nitrogen and oxygen atoms in total. The average Bonchev–Trinajstić information content (AvgIpc) is 2.53. The molecule has 2 rings (SSSR count). The molecule has 2 N–H and O–H groups in total. The molecule has 1 aliphatic rings. The van der Waals surface area contributed by atoms with Gasteiger partial charge in [-0.1, -0.05) is 23.7 Å². The lowest BCUT2D eigenvalue weighted by atomic mass is 9.91. The van der Waals surface area contributed by atoms with Gasteiger partial charge in [0, 0.05) is 11.6 Å². The highest BCUT2D eigenvalue weighted by Gasteiger charge is 2.28. The molecule has 2 unspecified atom stereocenters. The van der Waals surface area contributed by atoms with E-state index in [1.165, 1.54) is 0 Å².